The third kappa shape index (κ3) is 6.62. The van der Waals surface area contributed by atoms with Gasteiger partial charge in [0, 0.05) is 5.69 Å². The van der Waals surface area contributed by atoms with Gasteiger partial charge in [0.25, 0.3) is 11.1 Å². The quantitative estimate of drug-likeness (QED) is 0.224. The molecular weight excluding hydrogens is 716 g/mol. The Hall–Kier alpha value is -2.52. The Balaban J connectivity index is 1.43. The fraction of sp³-hybridized carbons (Fsp3) is 0.0800. The minimum atomic E-state index is -0.575. The van der Waals surface area contributed by atoms with Gasteiger partial charge < -0.3 is 10.1 Å². The van der Waals surface area contributed by atoms with E-state index in [1.165, 1.54) is 36.4 Å². The Kier molecular flexibility index (Phi) is 8.62. The highest BCUT2D eigenvalue weighted by molar-refractivity contribution is 14.1. The van der Waals surface area contributed by atoms with E-state index in [2.05, 4.69) is 50.5 Å². The highest BCUT2D eigenvalue weighted by atomic mass is 127. The molecule has 1 aliphatic heterocycles. The lowest BCUT2D eigenvalue weighted by Crippen LogP contribution is -2.36. The van der Waals surface area contributed by atoms with Crippen LogP contribution in [0.25, 0.3) is 6.08 Å². The summed E-state index contributed by atoms with van der Waals surface area (Å²) in [6.07, 6.45) is 1.59. The number of carbonyl (C=O) groups excluding carboxylic acids is 3. The highest BCUT2D eigenvalue weighted by Gasteiger charge is 2.36. The molecule has 0 spiro atoms. The highest BCUT2D eigenvalue weighted by Crippen LogP contribution is 2.35. The van der Waals surface area contributed by atoms with Crippen molar-refractivity contribution in [3.8, 4) is 5.75 Å². The number of nitrogens with zero attached hydrogens (tertiary/aromatic N) is 1. The molecule has 1 heterocycles. The van der Waals surface area contributed by atoms with Crippen LogP contribution in [-0.2, 0) is 16.2 Å². The number of hydrogen-bond donors (Lipinski definition) is 1. The predicted octanol–water partition coefficient (Wildman–Crippen LogP) is 6.43. The van der Waals surface area contributed by atoms with Crippen LogP contribution in [0.3, 0.4) is 0 Å². The van der Waals surface area contributed by atoms with Crippen LogP contribution in [0.5, 0.6) is 5.75 Å². The number of halogens is 4. The lowest BCUT2D eigenvalue weighted by Gasteiger charge is -2.13. The second-order valence-corrected chi connectivity index (χ2v) is 10.9. The molecule has 6 nitrogen and oxygen atoms in total. The van der Waals surface area contributed by atoms with E-state index in [4.69, 9.17) is 4.74 Å². The maximum Gasteiger partial charge on any atom is 0.294 e. The zero-order valence-corrected chi connectivity index (χ0v) is 23.4. The van der Waals surface area contributed by atoms with Crippen molar-refractivity contribution in [2.45, 2.75) is 6.61 Å². The van der Waals surface area contributed by atoms with Gasteiger partial charge >= 0.3 is 0 Å². The lowest BCUT2D eigenvalue weighted by atomic mass is 10.2. The second-order valence-electron chi connectivity index (χ2n) is 7.56. The lowest BCUT2D eigenvalue weighted by molar-refractivity contribution is -0.127. The zero-order chi connectivity index (χ0) is 25.8. The van der Waals surface area contributed by atoms with Crippen LogP contribution < -0.4 is 10.1 Å². The molecule has 0 radical (unpaired) electrons. The SMILES string of the molecule is O=C(CN1C(=O)S/C(=C\c2cc(I)c(OCc3cccc(F)c3)c(I)c2)C1=O)Nc1ccc(F)cc1. The maximum absolute atomic E-state index is 13.4. The number of benzene rings is 3. The molecule has 3 aromatic carbocycles. The number of anilines is 1. The average molecular weight is 732 g/mol. The van der Waals surface area contributed by atoms with E-state index in [0.717, 1.165) is 23.8 Å². The topological polar surface area (TPSA) is 75.7 Å². The molecule has 0 aromatic heterocycles. The summed E-state index contributed by atoms with van der Waals surface area (Å²) >= 11 is 4.97. The molecule has 3 amide bonds. The standard InChI is InChI=1S/C25H16F2I2N2O4S/c26-16-4-6-18(7-5-16)30-22(32)12-31-24(33)21(36-25(31)34)11-15-9-19(28)23(20(29)10-15)35-13-14-2-1-3-17(27)8-14/h1-11H,12-13H2,(H,30,32)/b21-11-. The molecule has 11 heteroatoms. The van der Waals surface area contributed by atoms with E-state index in [-0.39, 0.29) is 17.3 Å². The van der Waals surface area contributed by atoms with Crippen LogP contribution in [0, 0.1) is 18.8 Å². The summed E-state index contributed by atoms with van der Waals surface area (Å²) < 4.78 is 33.9. The van der Waals surface area contributed by atoms with Crippen molar-refractivity contribution in [3.63, 3.8) is 0 Å². The van der Waals surface area contributed by atoms with Gasteiger partial charge in [0.2, 0.25) is 5.91 Å². The Morgan fingerprint density at radius 3 is 2.36 bits per heavy atom. The van der Waals surface area contributed by atoms with E-state index in [1.807, 2.05) is 0 Å². The number of amides is 3. The number of carbonyl (C=O) groups is 3. The molecule has 0 aliphatic carbocycles. The van der Waals surface area contributed by atoms with Gasteiger partial charge in [-0.15, -0.1) is 0 Å². The van der Waals surface area contributed by atoms with Crippen LogP contribution in [0.2, 0.25) is 0 Å². The van der Waals surface area contributed by atoms with E-state index in [9.17, 15) is 23.2 Å². The van der Waals surface area contributed by atoms with Crippen molar-refractivity contribution in [1.82, 2.24) is 4.90 Å². The molecule has 1 fully saturated rings. The van der Waals surface area contributed by atoms with E-state index < -0.39 is 29.4 Å². The Bertz CT molecular complexity index is 1360. The van der Waals surface area contributed by atoms with Crippen molar-refractivity contribution in [2.75, 3.05) is 11.9 Å². The second kappa shape index (κ2) is 11.7. The largest absolute Gasteiger partial charge is 0.487 e. The minimum Gasteiger partial charge on any atom is -0.487 e. The van der Waals surface area contributed by atoms with Gasteiger partial charge in [-0.1, -0.05) is 12.1 Å². The maximum atomic E-state index is 13.4. The summed E-state index contributed by atoms with van der Waals surface area (Å²) in [6.45, 7) is -0.261. The van der Waals surface area contributed by atoms with Crippen molar-refractivity contribution in [3.05, 3.63) is 95.5 Å². The summed E-state index contributed by atoms with van der Waals surface area (Å²) in [5, 5.41) is 1.98. The monoisotopic (exact) mass is 732 g/mol. The van der Waals surface area contributed by atoms with Crippen molar-refractivity contribution in [2.24, 2.45) is 0 Å². The van der Waals surface area contributed by atoms with E-state index in [0.29, 0.717) is 22.6 Å². The molecule has 36 heavy (non-hydrogen) atoms. The zero-order valence-electron chi connectivity index (χ0n) is 18.3. The van der Waals surface area contributed by atoms with Gasteiger partial charge in [-0.3, -0.25) is 19.3 Å². The van der Waals surface area contributed by atoms with Gasteiger partial charge in [-0.05, 0) is 123 Å². The third-order valence-electron chi connectivity index (χ3n) is 4.89. The molecule has 4 rings (SSSR count). The first kappa shape index (κ1) is 26.5. The first-order chi connectivity index (χ1) is 17.2. The number of rotatable bonds is 7. The normalized spacial score (nSPS) is 14.4. The first-order valence-corrected chi connectivity index (χ1v) is 13.3. The summed E-state index contributed by atoms with van der Waals surface area (Å²) in [4.78, 5) is 38.6. The van der Waals surface area contributed by atoms with Crippen LogP contribution in [-0.4, -0.2) is 28.5 Å². The van der Waals surface area contributed by atoms with E-state index in [1.54, 1.807) is 30.3 Å². The molecule has 0 atom stereocenters. The average Bonchev–Trinajstić information content (AvgIpc) is 3.07. The number of thioether (sulfide) groups is 1. The summed E-state index contributed by atoms with van der Waals surface area (Å²) in [6, 6.07) is 14.9. The first-order valence-electron chi connectivity index (χ1n) is 10.4. The molecule has 1 saturated heterocycles. The number of nitrogens with one attached hydrogen (secondary N) is 1. The molecule has 0 bridgehead atoms. The van der Waals surface area contributed by atoms with Gasteiger partial charge in [0.05, 0.1) is 12.0 Å². The fourth-order valence-corrected chi connectivity index (χ4v) is 6.21. The van der Waals surface area contributed by atoms with Crippen molar-refractivity contribution >= 4 is 85.8 Å². The molecule has 1 aliphatic rings. The summed E-state index contributed by atoms with van der Waals surface area (Å²) in [5.74, 6) is -1.30. The molecule has 0 unspecified atom stereocenters. The minimum absolute atomic E-state index is 0.189. The van der Waals surface area contributed by atoms with Crippen molar-refractivity contribution in [1.29, 1.82) is 0 Å². The predicted molar refractivity (Wildman–Crippen MR) is 150 cm³/mol. The third-order valence-corrected chi connectivity index (χ3v) is 7.40. The van der Waals surface area contributed by atoms with Gasteiger partial charge in [0.1, 0.15) is 30.5 Å². The van der Waals surface area contributed by atoms with Crippen LogP contribution >= 0.6 is 56.9 Å². The number of ether oxygens (including phenoxy) is 1. The number of imide groups is 1. The number of hydrogen-bond acceptors (Lipinski definition) is 5. The van der Waals surface area contributed by atoms with Gasteiger partial charge in [0.15, 0.2) is 0 Å². The summed E-state index contributed by atoms with van der Waals surface area (Å²) in [5.41, 5.74) is 1.73. The van der Waals surface area contributed by atoms with Crippen LogP contribution in [0.4, 0.5) is 19.3 Å². The Morgan fingerprint density at radius 2 is 1.69 bits per heavy atom. The smallest absolute Gasteiger partial charge is 0.294 e. The van der Waals surface area contributed by atoms with Gasteiger partial charge in [-0.25, -0.2) is 8.78 Å². The Morgan fingerprint density at radius 1 is 1.00 bits per heavy atom. The van der Waals surface area contributed by atoms with Crippen LogP contribution in [0.15, 0.2) is 65.6 Å². The van der Waals surface area contributed by atoms with Crippen LogP contribution in [0.1, 0.15) is 11.1 Å². The van der Waals surface area contributed by atoms with Gasteiger partial charge in [-0.2, -0.15) is 0 Å². The Labute approximate surface area is 236 Å². The molecule has 3 aromatic rings. The van der Waals surface area contributed by atoms with E-state index >= 15 is 0 Å². The summed E-state index contributed by atoms with van der Waals surface area (Å²) in [7, 11) is 0. The molecule has 184 valence electrons. The molecule has 0 saturated carbocycles. The van der Waals surface area contributed by atoms with Crippen molar-refractivity contribution < 1.29 is 27.9 Å². The molecular formula is C25H16F2I2N2O4S. The fourth-order valence-electron chi connectivity index (χ4n) is 3.25. The molecule has 1 N–H and O–H groups in total.